The van der Waals surface area contributed by atoms with Gasteiger partial charge in [-0.1, -0.05) is 127 Å². The van der Waals surface area contributed by atoms with Gasteiger partial charge in [0, 0.05) is 61.9 Å². The highest BCUT2D eigenvalue weighted by molar-refractivity contribution is 7.27. The van der Waals surface area contributed by atoms with Crippen molar-refractivity contribution < 1.29 is 0 Å². The van der Waals surface area contributed by atoms with Crippen molar-refractivity contribution in [3.63, 3.8) is 0 Å². The molecular formula is C52H29NS2. The van der Waals surface area contributed by atoms with E-state index in [1.807, 2.05) is 22.7 Å². The Bertz CT molecular complexity index is 3710. The molecule has 0 bridgehead atoms. The Balaban J connectivity index is 1.06. The van der Waals surface area contributed by atoms with Crippen LogP contribution in [0.15, 0.2) is 176 Å². The molecule has 0 atom stereocenters. The van der Waals surface area contributed by atoms with Crippen LogP contribution in [0.5, 0.6) is 0 Å². The van der Waals surface area contributed by atoms with Gasteiger partial charge >= 0.3 is 0 Å². The van der Waals surface area contributed by atoms with Crippen LogP contribution in [0, 0.1) is 0 Å². The number of rotatable bonds is 3. The van der Waals surface area contributed by atoms with Gasteiger partial charge in [-0.2, -0.15) is 0 Å². The SMILES string of the molecule is c1ccc(-c2cccc3c2sc2ccc(-c4ccc5c(c4)c4ccccc4n5-c4cc5c6sc7ccccc7c6cc6ccc7cccc4c7c65)cc23)cc1. The Labute approximate surface area is 323 Å². The van der Waals surface area contributed by atoms with Crippen LogP contribution < -0.4 is 0 Å². The summed E-state index contributed by atoms with van der Waals surface area (Å²) in [7, 11) is 0. The van der Waals surface area contributed by atoms with Gasteiger partial charge in [-0.25, -0.2) is 0 Å². The van der Waals surface area contributed by atoms with Gasteiger partial charge in [0.15, 0.2) is 0 Å². The van der Waals surface area contributed by atoms with Crippen molar-refractivity contribution >= 4 is 117 Å². The monoisotopic (exact) mass is 731 g/mol. The summed E-state index contributed by atoms with van der Waals surface area (Å²) in [5, 5.41) is 15.8. The van der Waals surface area contributed by atoms with Crippen molar-refractivity contribution in [2.45, 2.75) is 0 Å². The number of aromatic nitrogens is 1. The van der Waals surface area contributed by atoms with E-state index in [4.69, 9.17) is 0 Å². The average Bonchev–Trinajstić information content (AvgIpc) is 3.92. The molecule has 55 heavy (non-hydrogen) atoms. The van der Waals surface area contributed by atoms with E-state index < -0.39 is 0 Å². The van der Waals surface area contributed by atoms with Gasteiger partial charge in [0.1, 0.15) is 0 Å². The summed E-state index contributed by atoms with van der Waals surface area (Å²) in [5.74, 6) is 0. The normalized spacial score (nSPS) is 12.4. The van der Waals surface area contributed by atoms with Crippen molar-refractivity contribution in [3.8, 4) is 27.9 Å². The predicted octanol–water partition coefficient (Wildman–Crippen LogP) is 15.8. The number of thiophene rings is 2. The van der Waals surface area contributed by atoms with Crippen LogP contribution >= 0.6 is 22.7 Å². The minimum absolute atomic E-state index is 1.22. The second-order valence-electron chi connectivity index (χ2n) is 14.8. The molecule has 0 fully saturated rings. The van der Waals surface area contributed by atoms with Crippen LogP contribution in [0.1, 0.15) is 0 Å². The molecule has 0 aliphatic heterocycles. The van der Waals surface area contributed by atoms with E-state index >= 15 is 0 Å². The average molecular weight is 732 g/mol. The van der Waals surface area contributed by atoms with Crippen LogP contribution in [0.2, 0.25) is 0 Å². The number of benzene rings is 10. The topological polar surface area (TPSA) is 4.93 Å². The van der Waals surface area contributed by atoms with E-state index in [9.17, 15) is 0 Å². The highest BCUT2D eigenvalue weighted by Gasteiger charge is 2.21. The molecule has 0 unspecified atom stereocenters. The predicted molar refractivity (Wildman–Crippen MR) is 241 cm³/mol. The molecule has 10 aromatic carbocycles. The molecule has 0 amide bonds. The van der Waals surface area contributed by atoms with Crippen molar-refractivity contribution in [1.29, 1.82) is 0 Å². The third kappa shape index (κ3) is 4.12. The zero-order chi connectivity index (χ0) is 35.8. The summed E-state index contributed by atoms with van der Waals surface area (Å²) in [6.45, 7) is 0. The molecule has 0 aliphatic rings. The zero-order valence-electron chi connectivity index (χ0n) is 29.5. The molecule has 254 valence electrons. The van der Waals surface area contributed by atoms with E-state index in [1.54, 1.807) is 0 Å². The first-order valence-corrected chi connectivity index (χ1v) is 20.5. The van der Waals surface area contributed by atoms with Gasteiger partial charge < -0.3 is 4.57 Å². The summed E-state index contributed by atoms with van der Waals surface area (Å²) in [4.78, 5) is 0. The first-order chi connectivity index (χ1) is 27.3. The highest BCUT2D eigenvalue weighted by atomic mass is 32.1. The van der Waals surface area contributed by atoms with Crippen LogP contribution in [-0.4, -0.2) is 4.57 Å². The molecule has 0 spiro atoms. The maximum absolute atomic E-state index is 2.53. The maximum atomic E-state index is 2.53. The molecule has 0 saturated carbocycles. The number of hydrogen-bond acceptors (Lipinski definition) is 2. The summed E-state index contributed by atoms with van der Waals surface area (Å²) in [5.41, 5.74) is 8.72. The smallest absolute Gasteiger partial charge is 0.0547 e. The largest absolute Gasteiger partial charge is 0.309 e. The molecule has 3 heteroatoms. The Morgan fingerprint density at radius 2 is 1.00 bits per heavy atom. The summed E-state index contributed by atoms with van der Waals surface area (Å²) in [6.07, 6.45) is 0. The Kier molecular flexibility index (Phi) is 5.99. The molecule has 3 aromatic heterocycles. The van der Waals surface area contributed by atoms with E-state index in [1.165, 1.54) is 122 Å². The lowest BCUT2D eigenvalue weighted by Gasteiger charge is -2.17. The second kappa shape index (κ2) is 11.0. The molecule has 3 heterocycles. The quantitative estimate of drug-likeness (QED) is 0.159. The van der Waals surface area contributed by atoms with Gasteiger partial charge in [-0.3, -0.25) is 0 Å². The molecule has 0 N–H and O–H groups in total. The van der Waals surface area contributed by atoms with Crippen LogP contribution in [0.3, 0.4) is 0 Å². The lowest BCUT2D eigenvalue weighted by atomic mass is 9.91. The fraction of sp³-hybridized carbons (Fsp3) is 0. The zero-order valence-corrected chi connectivity index (χ0v) is 31.1. The molecule has 0 radical (unpaired) electrons. The van der Waals surface area contributed by atoms with E-state index in [-0.39, 0.29) is 0 Å². The third-order valence-corrected chi connectivity index (χ3v) is 14.4. The van der Waals surface area contributed by atoms with Crippen molar-refractivity contribution in [2.24, 2.45) is 0 Å². The summed E-state index contributed by atoms with van der Waals surface area (Å²) in [6, 6.07) is 65.8. The van der Waals surface area contributed by atoms with E-state index in [2.05, 4.69) is 180 Å². The fourth-order valence-corrected chi connectivity index (χ4v) is 11.9. The van der Waals surface area contributed by atoms with Crippen LogP contribution in [-0.2, 0) is 0 Å². The van der Waals surface area contributed by atoms with Gasteiger partial charge in [0.25, 0.3) is 0 Å². The maximum Gasteiger partial charge on any atom is 0.0547 e. The Morgan fingerprint density at radius 1 is 0.327 bits per heavy atom. The number of hydrogen-bond donors (Lipinski definition) is 0. The number of nitrogens with zero attached hydrogens (tertiary/aromatic N) is 1. The molecule has 13 rings (SSSR count). The minimum atomic E-state index is 1.22. The number of para-hydroxylation sites is 1. The van der Waals surface area contributed by atoms with Gasteiger partial charge in [-0.15, -0.1) is 22.7 Å². The van der Waals surface area contributed by atoms with Crippen LogP contribution in [0.25, 0.3) is 122 Å². The lowest BCUT2D eigenvalue weighted by Crippen LogP contribution is -1.97. The van der Waals surface area contributed by atoms with Crippen molar-refractivity contribution in [2.75, 3.05) is 0 Å². The fourth-order valence-electron chi connectivity index (χ4n) is 9.47. The Morgan fingerprint density at radius 3 is 1.93 bits per heavy atom. The standard InChI is InChI=1S/C52H29NS2/c1-2-10-30(11-3-1)35-15-9-16-38-41-27-33(23-25-48(41)55-51(35)38)32-22-24-45-40(26-32)36-13-4-6-18-44(36)53(45)46-29-43-50-34(21-20-31-12-8-17-39(46)49(31)50)28-42-37-14-5-7-19-47(37)54-52(42)43/h1-29H. The van der Waals surface area contributed by atoms with Crippen molar-refractivity contribution in [1.82, 2.24) is 4.57 Å². The third-order valence-electron chi connectivity index (χ3n) is 11.9. The molecule has 0 saturated heterocycles. The second-order valence-corrected chi connectivity index (χ2v) is 16.9. The molecular weight excluding hydrogens is 703 g/mol. The molecule has 1 nitrogen and oxygen atoms in total. The summed E-state index contributed by atoms with van der Waals surface area (Å²) >= 11 is 3.81. The molecule has 0 aliphatic carbocycles. The van der Waals surface area contributed by atoms with Gasteiger partial charge in [-0.05, 0) is 92.3 Å². The summed E-state index contributed by atoms with van der Waals surface area (Å²) < 4.78 is 7.89. The van der Waals surface area contributed by atoms with Gasteiger partial charge in [0.2, 0.25) is 0 Å². The van der Waals surface area contributed by atoms with Crippen molar-refractivity contribution in [3.05, 3.63) is 176 Å². The number of fused-ring (bicyclic) bond motifs is 10. The minimum Gasteiger partial charge on any atom is -0.309 e. The first kappa shape index (κ1) is 29.9. The van der Waals surface area contributed by atoms with E-state index in [0.717, 1.165) is 0 Å². The van der Waals surface area contributed by atoms with Crippen LogP contribution in [0.4, 0.5) is 0 Å². The molecule has 13 aromatic rings. The first-order valence-electron chi connectivity index (χ1n) is 18.8. The van der Waals surface area contributed by atoms with E-state index in [0.29, 0.717) is 0 Å². The lowest BCUT2D eigenvalue weighted by molar-refractivity contribution is 1.20. The van der Waals surface area contributed by atoms with Gasteiger partial charge in [0.05, 0.1) is 16.7 Å². The Hall–Kier alpha value is -6.52. The highest BCUT2D eigenvalue weighted by Crippen LogP contribution is 2.48.